The van der Waals surface area contributed by atoms with Crippen molar-refractivity contribution in [2.24, 2.45) is 0 Å². The predicted molar refractivity (Wildman–Crippen MR) is 62.3 cm³/mol. The smallest absolute Gasteiger partial charge is 0.303 e. The molecule has 0 saturated heterocycles. The van der Waals surface area contributed by atoms with Crippen molar-refractivity contribution in [3.05, 3.63) is 30.1 Å². The zero-order valence-electron chi connectivity index (χ0n) is 9.52. The van der Waals surface area contributed by atoms with Gasteiger partial charge in [-0.1, -0.05) is 6.07 Å². The number of rotatable bonds is 7. The zero-order chi connectivity index (χ0) is 11.8. The summed E-state index contributed by atoms with van der Waals surface area (Å²) in [5.41, 5.74) is 1.06. The number of hydrogen-bond acceptors (Lipinski definition) is 3. The van der Waals surface area contributed by atoms with E-state index in [2.05, 4.69) is 10.3 Å². The van der Waals surface area contributed by atoms with Crippen LogP contribution in [-0.2, 0) is 11.2 Å². The standard InChI is InChI=1S/C12H18N2O2/c1-10(5-6-12(15)16)13-9-7-11-4-2-3-8-14-11/h2-4,8,10,13H,5-7,9H2,1H3,(H,15,16). The molecular weight excluding hydrogens is 204 g/mol. The molecule has 4 heteroatoms. The summed E-state index contributed by atoms with van der Waals surface area (Å²) in [4.78, 5) is 14.6. The number of aromatic nitrogens is 1. The van der Waals surface area contributed by atoms with Crippen LogP contribution in [0.25, 0.3) is 0 Å². The van der Waals surface area contributed by atoms with Crippen LogP contribution in [0.5, 0.6) is 0 Å². The lowest BCUT2D eigenvalue weighted by atomic mass is 10.2. The highest BCUT2D eigenvalue weighted by Gasteiger charge is 2.04. The minimum Gasteiger partial charge on any atom is -0.481 e. The second-order valence-corrected chi connectivity index (χ2v) is 3.86. The molecule has 16 heavy (non-hydrogen) atoms. The Kier molecular flexibility index (Phi) is 5.50. The maximum atomic E-state index is 10.4. The number of carbonyl (C=O) groups is 1. The quantitative estimate of drug-likeness (QED) is 0.733. The molecule has 2 N–H and O–H groups in total. The van der Waals surface area contributed by atoms with Crippen LogP contribution < -0.4 is 5.32 Å². The molecule has 0 aromatic carbocycles. The number of nitrogens with one attached hydrogen (secondary N) is 1. The van der Waals surface area contributed by atoms with Crippen LogP contribution in [0.4, 0.5) is 0 Å². The topological polar surface area (TPSA) is 62.2 Å². The van der Waals surface area contributed by atoms with Crippen LogP contribution in [0.2, 0.25) is 0 Å². The van der Waals surface area contributed by atoms with Crippen molar-refractivity contribution in [2.75, 3.05) is 6.54 Å². The third-order valence-corrected chi connectivity index (χ3v) is 2.39. The molecule has 0 fully saturated rings. The average Bonchev–Trinajstić information content (AvgIpc) is 2.28. The molecule has 0 aliphatic heterocycles. The van der Waals surface area contributed by atoms with Gasteiger partial charge in [-0.3, -0.25) is 9.78 Å². The zero-order valence-corrected chi connectivity index (χ0v) is 9.52. The van der Waals surface area contributed by atoms with Crippen molar-refractivity contribution in [3.63, 3.8) is 0 Å². The molecule has 1 aromatic rings. The minimum atomic E-state index is -0.738. The first-order valence-corrected chi connectivity index (χ1v) is 5.53. The Morgan fingerprint density at radius 2 is 2.38 bits per heavy atom. The summed E-state index contributed by atoms with van der Waals surface area (Å²) in [5, 5.41) is 11.8. The maximum absolute atomic E-state index is 10.4. The second-order valence-electron chi connectivity index (χ2n) is 3.86. The van der Waals surface area contributed by atoms with Gasteiger partial charge < -0.3 is 10.4 Å². The van der Waals surface area contributed by atoms with Crippen LogP contribution in [0.3, 0.4) is 0 Å². The molecule has 1 rings (SSSR count). The monoisotopic (exact) mass is 222 g/mol. The van der Waals surface area contributed by atoms with E-state index in [1.807, 2.05) is 25.1 Å². The van der Waals surface area contributed by atoms with Gasteiger partial charge in [-0.15, -0.1) is 0 Å². The summed E-state index contributed by atoms with van der Waals surface area (Å²) in [6.45, 7) is 2.83. The normalized spacial score (nSPS) is 12.3. The lowest BCUT2D eigenvalue weighted by molar-refractivity contribution is -0.137. The van der Waals surface area contributed by atoms with Crippen molar-refractivity contribution >= 4 is 5.97 Å². The number of pyridine rings is 1. The van der Waals surface area contributed by atoms with Gasteiger partial charge in [-0.25, -0.2) is 0 Å². The fourth-order valence-corrected chi connectivity index (χ4v) is 1.43. The van der Waals surface area contributed by atoms with Gasteiger partial charge in [-0.2, -0.15) is 0 Å². The van der Waals surface area contributed by atoms with Gasteiger partial charge in [0.15, 0.2) is 0 Å². The summed E-state index contributed by atoms with van der Waals surface area (Å²) in [5.74, 6) is -0.738. The first-order chi connectivity index (χ1) is 7.68. The first-order valence-electron chi connectivity index (χ1n) is 5.53. The molecule has 4 nitrogen and oxygen atoms in total. The molecule has 1 unspecified atom stereocenters. The van der Waals surface area contributed by atoms with E-state index < -0.39 is 5.97 Å². The largest absolute Gasteiger partial charge is 0.481 e. The molecule has 0 spiro atoms. The van der Waals surface area contributed by atoms with Crippen molar-refractivity contribution < 1.29 is 9.90 Å². The molecule has 1 heterocycles. The number of hydrogen-bond donors (Lipinski definition) is 2. The van der Waals surface area contributed by atoms with Gasteiger partial charge in [0.25, 0.3) is 0 Å². The van der Waals surface area contributed by atoms with Gasteiger partial charge in [0.1, 0.15) is 0 Å². The highest BCUT2D eigenvalue weighted by Crippen LogP contribution is 1.97. The van der Waals surface area contributed by atoms with Crippen LogP contribution in [0.1, 0.15) is 25.5 Å². The molecule has 88 valence electrons. The minimum absolute atomic E-state index is 0.220. The van der Waals surface area contributed by atoms with E-state index in [0.29, 0.717) is 6.42 Å². The molecule has 1 aromatic heterocycles. The average molecular weight is 222 g/mol. The van der Waals surface area contributed by atoms with Crippen LogP contribution in [0.15, 0.2) is 24.4 Å². The van der Waals surface area contributed by atoms with E-state index in [0.717, 1.165) is 18.7 Å². The fourth-order valence-electron chi connectivity index (χ4n) is 1.43. The number of nitrogens with zero attached hydrogens (tertiary/aromatic N) is 1. The van der Waals surface area contributed by atoms with Crippen LogP contribution in [-0.4, -0.2) is 28.6 Å². The lowest BCUT2D eigenvalue weighted by Gasteiger charge is -2.11. The Balaban J connectivity index is 2.13. The number of carboxylic acid groups (broad SMARTS) is 1. The molecule has 0 radical (unpaired) electrons. The van der Waals surface area contributed by atoms with E-state index in [4.69, 9.17) is 5.11 Å². The van der Waals surface area contributed by atoms with E-state index in [1.165, 1.54) is 0 Å². The molecule has 0 bridgehead atoms. The van der Waals surface area contributed by atoms with Gasteiger partial charge in [0.05, 0.1) is 0 Å². The van der Waals surface area contributed by atoms with E-state index in [-0.39, 0.29) is 12.5 Å². The Labute approximate surface area is 95.7 Å². The van der Waals surface area contributed by atoms with Crippen molar-refractivity contribution in [1.82, 2.24) is 10.3 Å². The van der Waals surface area contributed by atoms with E-state index >= 15 is 0 Å². The Morgan fingerprint density at radius 3 is 3.00 bits per heavy atom. The maximum Gasteiger partial charge on any atom is 0.303 e. The van der Waals surface area contributed by atoms with Gasteiger partial charge in [0.2, 0.25) is 0 Å². The summed E-state index contributed by atoms with van der Waals surface area (Å²) < 4.78 is 0. The highest BCUT2D eigenvalue weighted by molar-refractivity contribution is 5.66. The van der Waals surface area contributed by atoms with Crippen LogP contribution >= 0.6 is 0 Å². The Hall–Kier alpha value is -1.42. The van der Waals surface area contributed by atoms with Gasteiger partial charge >= 0.3 is 5.97 Å². The molecule has 0 saturated carbocycles. The van der Waals surface area contributed by atoms with Crippen molar-refractivity contribution in [2.45, 2.75) is 32.2 Å². The SMILES string of the molecule is CC(CCC(=O)O)NCCc1ccccn1. The predicted octanol–water partition coefficient (Wildman–Crippen LogP) is 1.47. The molecular formula is C12H18N2O2. The summed E-state index contributed by atoms with van der Waals surface area (Å²) in [7, 11) is 0. The lowest BCUT2D eigenvalue weighted by Crippen LogP contribution is -2.28. The summed E-state index contributed by atoms with van der Waals surface area (Å²) >= 11 is 0. The second kappa shape index (κ2) is 6.95. The van der Waals surface area contributed by atoms with E-state index in [9.17, 15) is 4.79 Å². The fraction of sp³-hybridized carbons (Fsp3) is 0.500. The van der Waals surface area contributed by atoms with Crippen LogP contribution in [0, 0.1) is 0 Å². The molecule has 0 amide bonds. The van der Waals surface area contributed by atoms with Gasteiger partial charge in [-0.05, 0) is 25.5 Å². The third-order valence-electron chi connectivity index (χ3n) is 2.39. The van der Waals surface area contributed by atoms with E-state index in [1.54, 1.807) is 6.20 Å². The third kappa shape index (κ3) is 5.46. The number of carboxylic acids is 1. The summed E-state index contributed by atoms with van der Waals surface area (Å²) in [6.07, 6.45) is 3.54. The highest BCUT2D eigenvalue weighted by atomic mass is 16.4. The summed E-state index contributed by atoms with van der Waals surface area (Å²) in [6, 6.07) is 6.09. The Bertz CT molecular complexity index is 314. The molecule has 1 atom stereocenters. The first kappa shape index (κ1) is 12.6. The number of aliphatic carboxylic acids is 1. The molecule has 0 aliphatic carbocycles. The van der Waals surface area contributed by atoms with Crippen molar-refractivity contribution in [3.8, 4) is 0 Å². The van der Waals surface area contributed by atoms with Crippen molar-refractivity contribution in [1.29, 1.82) is 0 Å². The van der Waals surface area contributed by atoms with Gasteiger partial charge in [0, 0.05) is 37.3 Å². The Morgan fingerprint density at radius 1 is 1.56 bits per heavy atom. The molecule has 0 aliphatic rings.